The Balaban J connectivity index is 2.11. The van der Waals surface area contributed by atoms with Crippen molar-refractivity contribution in [3.63, 3.8) is 0 Å². The van der Waals surface area contributed by atoms with Crippen molar-refractivity contribution in [1.82, 2.24) is 5.32 Å². The predicted molar refractivity (Wildman–Crippen MR) is 89.1 cm³/mol. The van der Waals surface area contributed by atoms with Gasteiger partial charge < -0.3 is 15.2 Å². The smallest absolute Gasteiger partial charge is 0.162 e. The van der Waals surface area contributed by atoms with Crippen LogP contribution >= 0.6 is 27.5 Å². The molecule has 2 N–H and O–H groups in total. The molecule has 2 aromatic rings. The van der Waals surface area contributed by atoms with Crippen molar-refractivity contribution in [3.8, 4) is 11.5 Å². The summed E-state index contributed by atoms with van der Waals surface area (Å²) in [5.41, 5.74) is 1.87. The van der Waals surface area contributed by atoms with Gasteiger partial charge in [-0.3, -0.25) is 0 Å². The number of hydrogen-bond acceptors (Lipinski definition) is 3. The summed E-state index contributed by atoms with van der Waals surface area (Å²) >= 11 is 9.49. The van der Waals surface area contributed by atoms with Crippen LogP contribution in [-0.4, -0.2) is 12.2 Å². The Kier molecular flexibility index (Phi) is 5.51. The molecule has 0 bridgehead atoms. The van der Waals surface area contributed by atoms with Crippen LogP contribution in [0.25, 0.3) is 0 Å². The number of phenols is 1. The Morgan fingerprint density at radius 3 is 2.76 bits per heavy atom. The van der Waals surface area contributed by atoms with E-state index in [-0.39, 0.29) is 11.8 Å². The zero-order valence-corrected chi connectivity index (χ0v) is 14.2. The molecular weight excluding hydrogens is 354 g/mol. The molecule has 0 radical (unpaired) electrons. The van der Waals surface area contributed by atoms with E-state index in [0.29, 0.717) is 22.9 Å². The van der Waals surface area contributed by atoms with Crippen molar-refractivity contribution < 1.29 is 9.84 Å². The highest BCUT2D eigenvalue weighted by atomic mass is 79.9. The molecule has 112 valence electrons. The summed E-state index contributed by atoms with van der Waals surface area (Å²) in [6, 6.07) is 11.6. The minimum absolute atomic E-state index is 0.121. The number of ether oxygens (including phenoxy) is 1. The van der Waals surface area contributed by atoms with Crippen molar-refractivity contribution in [3.05, 3.63) is 57.0 Å². The maximum atomic E-state index is 10.1. The maximum Gasteiger partial charge on any atom is 0.162 e. The largest absolute Gasteiger partial charge is 0.504 e. The summed E-state index contributed by atoms with van der Waals surface area (Å²) in [4.78, 5) is 0. The molecule has 0 saturated carbocycles. The third-order valence-corrected chi connectivity index (χ3v) is 4.00. The minimum atomic E-state index is 0.121. The highest BCUT2D eigenvalue weighted by Gasteiger charge is 2.12. The summed E-state index contributed by atoms with van der Waals surface area (Å²) < 4.78 is 6.15. The molecule has 0 spiro atoms. The van der Waals surface area contributed by atoms with E-state index in [1.54, 1.807) is 12.1 Å². The Morgan fingerprint density at radius 2 is 2.10 bits per heavy atom. The SMILES string of the molecule is COc1cc(Cl)cc(CN[C@@H](C)c2cccc(Br)c2)c1O. The van der Waals surface area contributed by atoms with Gasteiger partial charge in [0.2, 0.25) is 0 Å². The number of aromatic hydroxyl groups is 1. The third-order valence-electron chi connectivity index (χ3n) is 3.29. The summed E-state index contributed by atoms with van der Waals surface area (Å²) in [6.45, 7) is 2.57. The second kappa shape index (κ2) is 7.16. The van der Waals surface area contributed by atoms with E-state index in [4.69, 9.17) is 16.3 Å². The minimum Gasteiger partial charge on any atom is -0.504 e. The van der Waals surface area contributed by atoms with Gasteiger partial charge in [0.05, 0.1) is 7.11 Å². The first-order valence-electron chi connectivity index (χ1n) is 6.55. The number of benzene rings is 2. The third kappa shape index (κ3) is 4.13. The van der Waals surface area contributed by atoms with Crippen molar-refractivity contribution >= 4 is 27.5 Å². The molecule has 2 aromatic carbocycles. The maximum absolute atomic E-state index is 10.1. The van der Waals surface area contributed by atoms with Crippen LogP contribution in [0.4, 0.5) is 0 Å². The molecule has 0 amide bonds. The number of nitrogens with one attached hydrogen (secondary N) is 1. The molecular formula is C16H17BrClNO2. The monoisotopic (exact) mass is 369 g/mol. The topological polar surface area (TPSA) is 41.5 Å². The average Bonchev–Trinajstić information content (AvgIpc) is 2.47. The molecule has 2 rings (SSSR count). The lowest BCUT2D eigenvalue weighted by atomic mass is 10.1. The van der Waals surface area contributed by atoms with E-state index in [0.717, 1.165) is 10.0 Å². The van der Waals surface area contributed by atoms with E-state index in [1.807, 2.05) is 12.1 Å². The molecule has 0 saturated heterocycles. The Morgan fingerprint density at radius 1 is 1.33 bits per heavy atom. The van der Waals surface area contributed by atoms with Gasteiger partial charge in [0, 0.05) is 33.7 Å². The van der Waals surface area contributed by atoms with Gasteiger partial charge in [0.25, 0.3) is 0 Å². The fourth-order valence-electron chi connectivity index (χ4n) is 2.08. The zero-order valence-electron chi connectivity index (χ0n) is 11.9. The van der Waals surface area contributed by atoms with E-state index >= 15 is 0 Å². The lowest BCUT2D eigenvalue weighted by molar-refractivity contribution is 0.369. The van der Waals surface area contributed by atoms with Crippen LogP contribution in [0.2, 0.25) is 5.02 Å². The van der Waals surface area contributed by atoms with E-state index < -0.39 is 0 Å². The molecule has 21 heavy (non-hydrogen) atoms. The summed E-state index contributed by atoms with van der Waals surface area (Å²) in [6.07, 6.45) is 0. The molecule has 0 aliphatic heterocycles. The normalized spacial score (nSPS) is 12.2. The van der Waals surface area contributed by atoms with Crippen LogP contribution in [0, 0.1) is 0 Å². The second-order valence-electron chi connectivity index (χ2n) is 4.77. The van der Waals surface area contributed by atoms with Crippen molar-refractivity contribution in [2.75, 3.05) is 7.11 Å². The molecule has 0 heterocycles. The molecule has 0 aliphatic carbocycles. The van der Waals surface area contributed by atoms with Gasteiger partial charge in [-0.05, 0) is 30.7 Å². The van der Waals surface area contributed by atoms with E-state index in [9.17, 15) is 5.11 Å². The first kappa shape index (κ1) is 16.1. The van der Waals surface area contributed by atoms with Gasteiger partial charge in [-0.25, -0.2) is 0 Å². The molecule has 0 aliphatic rings. The number of hydrogen-bond donors (Lipinski definition) is 2. The first-order chi connectivity index (χ1) is 10.0. The number of methoxy groups -OCH3 is 1. The summed E-state index contributed by atoms with van der Waals surface area (Å²) in [5.74, 6) is 0.505. The van der Waals surface area contributed by atoms with Crippen LogP contribution in [0.1, 0.15) is 24.1 Å². The van der Waals surface area contributed by atoms with Gasteiger partial charge in [0.1, 0.15) is 0 Å². The highest BCUT2D eigenvalue weighted by molar-refractivity contribution is 9.10. The van der Waals surface area contributed by atoms with Crippen molar-refractivity contribution in [2.24, 2.45) is 0 Å². The summed E-state index contributed by atoms with van der Waals surface area (Å²) in [5, 5.41) is 14.0. The van der Waals surface area contributed by atoms with E-state index in [2.05, 4.69) is 40.3 Å². The number of phenolic OH excluding ortho intramolecular Hbond substituents is 1. The molecule has 3 nitrogen and oxygen atoms in total. The molecule has 0 unspecified atom stereocenters. The second-order valence-corrected chi connectivity index (χ2v) is 6.13. The highest BCUT2D eigenvalue weighted by Crippen LogP contribution is 2.33. The molecule has 0 fully saturated rings. The van der Waals surface area contributed by atoms with Crippen molar-refractivity contribution in [2.45, 2.75) is 19.5 Å². The van der Waals surface area contributed by atoms with Gasteiger partial charge in [-0.2, -0.15) is 0 Å². The van der Waals surface area contributed by atoms with Crippen molar-refractivity contribution in [1.29, 1.82) is 0 Å². The molecule has 0 aromatic heterocycles. The van der Waals surface area contributed by atoms with Gasteiger partial charge in [0.15, 0.2) is 11.5 Å². The van der Waals surface area contributed by atoms with Crippen LogP contribution in [-0.2, 0) is 6.54 Å². The molecule has 5 heteroatoms. The Labute approximate surface area is 138 Å². The fourth-order valence-corrected chi connectivity index (χ4v) is 2.72. The van der Waals surface area contributed by atoms with Crippen LogP contribution in [0.5, 0.6) is 11.5 Å². The van der Waals surface area contributed by atoms with E-state index in [1.165, 1.54) is 7.11 Å². The quantitative estimate of drug-likeness (QED) is 0.804. The standard InChI is InChI=1S/C16H17BrClNO2/c1-10(11-4-3-5-13(17)6-11)19-9-12-7-14(18)8-15(21-2)16(12)20/h3-8,10,19-20H,9H2,1-2H3/t10-/m0/s1. The Hall–Kier alpha value is -1.23. The fraction of sp³-hybridized carbons (Fsp3) is 0.250. The Bertz CT molecular complexity index is 634. The lowest BCUT2D eigenvalue weighted by Gasteiger charge is -2.16. The van der Waals surface area contributed by atoms with Crippen LogP contribution in [0.15, 0.2) is 40.9 Å². The number of halogens is 2. The molecule has 1 atom stereocenters. The van der Waals surface area contributed by atoms with Gasteiger partial charge >= 0.3 is 0 Å². The van der Waals surface area contributed by atoms with Gasteiger partial charge in [-0.1, -0.05) is 39.7 Å². The van der Waals surface area contributed by atoms with Crippen LogP contribution in [0.3, 0.4) is 0 Å². The first-order valence-corrected chi connectivity index (χ1v) is 7.72. The van der Waals surface area contributed by atoms with Crippen LogP contribution < -0.4 is 10.1 Å². The average molecular weight is 371 g/mol. The number of rotatable bonds is 5. The lowest BCUT2D eigenvalue weighted by Crippen LogP contribution is -2.18. The van der Waals surface area contributed by atoms with Gasteiger partial charge in [-0.15, -0.1) is 0 Å². The zero-order chi connectivity index (χ0) is 15.4. The summed E-state index contributed by atoms with van der Waals surface area (Å²) in [7, 11) is 1.51. The predicted octanol–water partition coefficient (Wildman–Crippen LogP) is 4.67.